The minimum atomic E-state index is -0.184. The van der Waals surface area contributed by atoms with Gasteiger partial charge < -0.3 is 10.2 Å². The number of hydrogen-bond donors (Lipinski definition) is 1. The third kappa shape index (κ3) is 2.95. The van der Waals surface area contributed by atoms with Crippen LogP contribution in [0.1, 0.15) is 10.4 Å². The first-order valence-corrected chi connectivity index (χ1v) is 9.87. The molecule has 1 aliphatic heterocycles. The molecule has 0 saturated carbocycles. The number of amides is 2. The third-order valence-corrected chi connectivity index (χ3v) is 6.42. The fraction of sp³-hybridized carbons (Fsp3) is 0.222. The molecule has 3 heterocycles. The van der Waals surface area contributed by atoms with Gasteiger partial charge in [-0.3, -0.25) is 9.59 Å². The first-order valence-electron chi connectivity index (χ1n) is 8.07. The van der Waals surface area contributed by atoms with E-state index in [1.54, 1.807) is 17.4 Å². The molecule has 4 rings (SSSR count). The van der Waals surface area contributed by atoms with Crippen LogP contribution < -0.4 is 10.2 Å². The number of hydrogen-bond acceptors (Lipinski definition) is 6. The molecule has 0 aliphatic carbocycles. The van der Waals surface area contributed by atoms with E-state index in [0.29, 0.717) is 5.69 Å². The van der Waals surface area contributed by atoms with Crippen LogP contribution in [0.25, 0.3) is 10.2 Å². The van der Waals surface area contributed by atoms with Crippen molar-refractivity contribution in [2.75, 3.05) is 22.5 Å². The van der Waals surface area contributed by atoms with Gasteiger partial charge in [0.15, 0.2) is 0 Å². The van der Waals surface area contributed by atoms with Crippen LogP contribution in [-0.2, 0) is 9.59 Å². The van der Waals surface area contributed by atoms with E-state index in [1.807, 2.05) is 18.2 Å². The van der Waals surface area contributed by atoms with Gasteiger partial charge in [-0.2, -0.15) is 0 Å². The number of thiophene rings is 1. The average Bonchev–Trinajstić information content (AvgIpc) is 2.93. The van der Waals surface area contributed by atoms with Crippen LogP contribution in [-0.4, -0.2) is 34.1 Å². The number of thioether (sulfide) groups is 1. The summed E-state index contributed by atoms with van der Waals surface area (Å²) < 4.78 is 0. The Bertz CT molecular complexity index is 1030. The Balaban J connectivity index is 1.58. The minimum Gasteiger partial charge on any atom is -0.323 e. The van der Waals surface area contributed by atoms with Gasteiger partial charge in [-0.05, 0) is 31.5 Å². The first-order chi connectivity index (χ1) is 12.5. The smallest absolute Gasteiger partial charge is 0.244 e. The van der Waals surface area contributed by atoms with E-state index < -0.39 is 0 Å². The number of rotatable bonds is 3. The molecule has 1 aromatic carbocycles. The molecule has 0 atom stereocenters. The van der Waals surface area contributed by atoms with E-state index in [0.717, 1.165) is 26.5 Å². The molecule has 3 aromatic rings. The Morgan fingerprint density at radius 3 is 2.96 bits per heavy atom. The molecule has 0 radical (unpaired) electrons. The highest BCUT2D eigenvalue weighted by molar-refractivity contribution is 8.00. The lowest BCUT2D eigenvalue weighted by Crippen LogP contribution is -2.43. The number of aryl methyl sites for hydroxylation is 2. The zero-order valence-electron chi connectivity index (χ0n) is 14.3. The van der Waals surface area contributed by atoms with Gasteiger partial charge in [0, 0.05) is 10.3 Å². The Kier molecular flexibility index (Phi) is 4.37. The average molecular weight is 384 g/mol. The molecule has 1 aliphatic rings. The maximum atomic E-state index is 12.8. The van der Waals surface area contributed by atoms with Gasteiger partial charge in [-0.15, -0.1) is 11.3 Å². The van der Waals surface area contributed by atoms with Crippen molar-refractivity contribution in [2.24, 2.45) is 0 Å². The Morgan fingerprint density at radius 2 is 2.12 bits per heavy atom. The molecular weight excluding hydrogens is 368 g/mol. The lowest BCUT2D eigenvalue weighted by Gasteiger charge is -2.29. The molecule has 0 saturated heterocycles. The summed E-state index contributed by atoms with van der Waals surface area (Å²) >= 11 is 3.02. The zero-order chi connectivity index (χ0) is 18.3. The summed E-state index contributed by atoms with van der Waals surface area (Å²) in [6, 6.07) is 7.33. The minimum absolute atomic E-state index is 0.0339. The van der Waals surface area contributed by atoms with Gasteiger partial charge >= 0.3 is 0 Å². The lowest BCUT2D eigenvalue weighted by molar-refractivity contribution is -0.120. The summed E-state index contributed by atoms with van der Waals surface area (Å²) in [5, 5.41) is 4.62. The summed E-state index contributed by atoms with van der Waals surface area (Å²) in [7, 11) is 0. The molecule has 6 nitrogen and oxygen atoms in total. The van der Waals surface area contributed by atoms with E-state index in [2.05, 4.69) is 29.1 Å². The summed E-state index contributed by atoms with van der Waals surface area (Å²) in [6.45, 7) is 4.14. The summed E-state index contributed by atoms with van der Waals surface area (Å²) in [6.07, 6.45) is 1.54. The predicted octanol–water partition coefficient (Wildman–Crippen LogP) is 3.39. The van der Waals surface area contributed by atoms with Crippen molar-refractivity contribution in [3.8, 4) is 0 Å². The lowest BCUT2D eigenvalue weighted by atomic mass is 10.2. The molecule has 2 amide bonds. The van der Waals surface area contributed by atoms with Crippen molar-refractivity contribution < 1.29 is 9.59 Å². The van der Waals surface area contributed by atoms with Gasteiger partial charge in [0.2, 0.25) is 11.8 Å². The number of carbonyl (C=O) groups is 2. The maximum absolute atomic E-state index is 12.8. The molecule has 1 N–H and O–H groups in total. The van der Waals surface area contributed by atoms with Gasteiger partial charge in [0.05, 0.1) is 17.1 Å². The molecule has 26 heavy (non-hydrogen) atoms. The number of nitrogens with zero attached hydrogens (tertiary/aromatic N) is 3. The van der Waals surface area contributed by atoms with Crippen molar-refractivity contribution in [1.82, 2.24) is 9.97 Å². The summed E-state index contributed by atoms with van der Waals surface area (Å²) in [4.78, 5) is 37.1. The number of para-hydroxylation sites is 2. The topological polar surface area (TPSA) is 75.2 Å². The Morgan fingerprint density at radius 1 is 1.31 bits per heavy atom. The van der Waals surface area contributed by atoms with Crippen molar-refractivity contribution in [2.45, 2.75) is 18.9 Å². The van der Waals surface area contributed by atoms with Crippen LogP contribution in [0.3, 0.4) is 0 Å². The van der Waals surface area contributed by atoms with E-state index in [1.165, 1.54) is 27.9 Å². The van der Waals surface area contributed by atoms with Crippen LogP contribution in [0.2, 0.25) is 0 Å². The second-order valence-corrected chi connectivity index (χ2v) is 8.14. The monoisotopic (exact) mass is 384 g/mol. The van der Waals surface area contributed by atoms with Crippen LogP contribution in [0, 0.1) is 13.8 Å². The molecule has 0 bridgehead atoms. The van der Waals surface area contributed by atoms with Gasteiger partial charge in [0.25, 0.3) is 0 Å². The van der Waals surface area contributed by atoms with E-state index in [9.17, 15) is 9.59 Å². The second kappa shape index (κ2) is 6.69. The highest BCUT2D eigenvalue weighted by Gasteiger charge is 2.26. The van der Waals surface area contributed by atoms with E-state index >= 15 is 0 Å². The summed E-state index contributed by atoms with van der Waals surface area (Å²) in [5.41, 5.74) is 2.55. The second-order valence-electron chi connectivity index (χ2n) is 5.98. The SMILES string of the molecule is Cc1sc2ncnc(SCC(=O)N3CC(=O)Nc4ccccc43)c2c1C. The van der Waals surface area contributed by atoms with Gasteiger partial charge in [-0.1, -0.05) is 23.9 Å². The molecule has 0 spiro atoms. The molecule has 2 aromatic heterocycles. The number of benzene rings is 1. The van der Waals surface area contributed by atoms with Crippen molar-refractivity contribution >= 4 is 56.5 Å². The number of nitrogens with one attached hydrogen (secondary N) is 1. The Labute approximate surface area is 158 Å². The normalized spacial score (nSPS) is 13.6. The number of aromatic nitrogens is 2. The molecular formula is C18H16N4O2S2. The van der Waals surface area contributed by atoms with E-state index in [-0.39, 0.29) is 24.1 Å². The summed E-state index contributed by atoms with van der Waals surface area (Å²) in [5.74, 6) is -0.0911. The van der Waals surface area contributed by atoms with Gasteiger partial charge in [0.1, 0.15) is 22.7 Å². The van der Waals surface area contributed by atoms with Crippen LogP contribution in [0.4, 0.5) is 11.4 Å². The fourth-order valence-electron chi connectivity index (χ4n) is 2.92. The van der Waals surface area contributed by atoms with Gasteiger partial charge in [-0.25, -0.2) is 9.97 Å². The van der Waals surface area contributed by atoms with Crippen molar-refractivity contribution in [3.05, 3.63) is 41.0 Å². The maximum Gasteiger partial charge on any atom is 0.244 e. The highest BCUT2D eigenvalue weighted by atomic mass is 32.2. The number of fused-ring (bicyclic) bond motifs is 2. The quantitative estimate of drug-likeness (QED) is 0.553. The number of anilines is 2. The molecule has 8 heteroatoms. The molecule has 0 unspecified atom stereocenters. The highest BCUT2D eigenvalue weighted by Crippen LogP contribution is 2.35. The van der Waals surface area contributed by atoms with Crippen LogP contribution in [0.15, 0.2) is 35.6 Å². The largest absolute Gasteiger partial charge is 0.323 e. The molecule has 132 valence electrons. The molecule has 0 fully saturated rings. The fourth-order valence-corrected chi connectivity index (χ4v) is 4.92. The predicted molar refractivity (Wildman–Crippen MR) is 105 cm³/mol. The zero-order valence-corrected chi connectivity index (χ0v) is 15.9. The third-order valence-electron chi connectivity index (χ3n) is 4.33. The van der Waals surface area contributed by atoms with Crippen LogP contribution in [0.5, 0.6) is 0 Å². The van der Waals surface area contributed by atoms with Crippen molar-refractivity contribution in [1.29, 1.82) is 0 Å². The van der Waals surface area contributed by atoms with E-state index in [4.69, 9.17) is 0 Å². The number of carbonyl (C=O) groups excluding carboxylic acids is 2. The Hall–Kier alpha value is -2.45. The van der Waals surface area contributed by atoms with Crippen molar-refractivity contribution in [3.63, 3.8) is 0 Å². The first kappa shape index (κ1) is 17.0. The van der Waals surface area contributed by atoms with Crippen LogP contribution >= 0.6 is 23.1 Å². The standard InChI is InChI=1S/C18H16N4O2S2/c1-10-11(2)26-18-16(10)17(19-9-20-18)25-8-15(24)22-7-14(23)21-12-5-3-4-6-13(12)22/h3-6,9H,7-8H2,1-2H3,(H,21,23).